The van der Waals surface area contributed by atoms with Gasteiger partial charge in [-0.15, -0.1) is 0 Å². The van der Waals surface area contributed by atoms with E-state index in [1.807, 2.05) is 36.4 Å². The lowest BCUT2D eigenvalue weighted by atomic mass is 10.1. The molecule has 6 N–H and O–H groups in total. The van der Waals surface area contributed by atoms with E-state index in [9.17, 15) is 14.4 Å². The standard InChI is InChI=1S/C39H24N4O6/c40-21-3-7-25-27-9-5-23(17-35(27)48-33(25)15-21)42-38(45)19-1-11-31-29(13-19)37(44)30-14-20(2-12-32(30)47-31)39(46)43-24-6-10-28-26-8-4-22(41)16-34(26)49-36(28)18-24/h1-18H,40-41H2,(H,42,45)(H,43,46). The molecule has 0 saturated carbocycles. The van der Waals surface area contributed by atoms with E-state index in [1.54, 1.807) is 60.7 Å². The Labute approximate surface area is 275 Å². The number of hydrogen-bond acceptors (Lipinski definition) is 8. The lowest BCUT2D eigenvalue weighted by Gasteiger charge is -2.08. The molecule has 3 heterocycles. The fourth-order valence-corrected chi connectivity index (χ4v) is 6.29. The third-order valence-corrected chi connectivity index (χ3v) is 8.70. The molecule has 0 saturated heterocycles. The summed E-state index contributed by atoms with van der Waals surface area (Å²) in [4.78, 5) is 40.3. The highest BCUT2D eigenvalue weighted by Crippen LogP contribution is 2.33. The van der Waals surface area contributed by atoms with Crippen LogP contribution in [-0.4, -0.2) is 11.8 Å². The van der Waals surface area contributed by atoms with Crippen LogP contribution in [0.2, 0.25) is 0 Å². The van der Waals surface area contributed by atoms with Crippen LogP contribution in [-0.2, 0) is 0 Å². The van der Waals surface area contributed by atoms with Gasteiger partial charge in [0.05, 0.1) is 10.8 Å². The van der Waals surface area contributed by atoms with E-state index >= 15 is 0 Å². The Balaban J connectivity index is 0.997. The van der Waals surface area contributed by atoms with Crippen molar-refractivity contribution >= 4 is 100 Å². The van der Waals surface area contributed by atoms with Crippen molar-refractivity contribution in [2.24, 2.45) is 0 Å². The van der Waals surface area contributed by atoms with Gasteiger partial charge in [0.1, 0.15) is 33.5 Å². The monoisotopic (exact) mass is 644 g/mol. The van der Waals surface area contributed by atoms with Crippen LogP contribution < -0.4 is 27.5 Å². The number of carbonyl (C=O) groups excluding carboxylic acids is 2. The van der Waals surface area contributed by atoms with Crippen molar-refractivity contribution in [2.45, 2.75) is 0 Å². The molecule has 0 unspecified atom stereocenters. The molecule has 0 fully saturated rings. The van der Waals surface area contributed by atoms with E-state index in [0.29, 0.717) is 56.2 Å². The number of nitrogens with one attached hydrogen (secondary N) is 2. The van der Waals surface area contributed by atoms with Gasteiger partial charge in [-0.05, 0) is 84.9 Å². The second-order valence-corrected chi connectivity index (χ2v) is 11.9. The van der Waals surface area contributed by atoms with Crippen molar-refractivity contribution in [1.29, 1.82) is 0 Å². The quantitative estimate of drug-likeness (QED) is 0.109. The van der Waals surface area contributed by atoms with Crippen LogP contribution in [0.15, 0.2) is 127 Å². The Morgan fingerprint density at radius 3 is 1.27 bits per heavy atom. The highest BCUT2D eigenvalue weighted by molar-refractivity contribution is 6.11. The molecule has 0 radical (unpaired) electrons. The zero-order chi connectivity index (χ0) is 33.4. The van der Waals surface area contributed by atoms with Gasteiger partial charge in [0, 0.05) is 79.7 Å². The van der Waals surface area contributed by atoms with Gasteiger partial charge in [0.25, 0.3) is 11.8 Å². The van der Waals surface area contributed by atoms with Crippen LogP contribution in [0.5, 0.6) is 0 Å². The molecule has 9 aromatic rings. The first-order valence-corrected chi connectivity index (χ1v) is 15.3. The molecular formula is C39H24N4O6. The molecule has 49 heavy (non-hydrogen) atoms. The van der Waals surface area contributed by atoms with Gasteiger partial charge >= 0.3 is 0 Å². The first-order chi connectivity index (χ1) is 23.8. The van der Waals surface area contributed by atoms with E-state index < -0.39 is 11.8 Å². The third-order valence-electron chi connectivity index (χ3n) is 8.70. The van der Waals surface area contributed by atoms with Crippen LogP contribution in [0, 0.1) is 0 Å². The zero-order valence-electron chi connectivity index (χ0n) is 25.5. The van der Waals surface area contributed by atoms with Gasteiger partial charge in [0.15, 0.2) is 0 Å². The van der Waals surface area contributed by atoms with E-state index in [0.717, 1.165) is 21.5 Å². The van der Waals surface area contributed by atoms with Crippen LogP contribution in [0.3, 0.4) is 0 Å². The second-order valence-electron chi connectivity index (χ2n) is 11.9. The van der Waals surface area contributed by atoms with Crippen molar-refractivity contribution in [1.82, 2.24) is 0 Å². The largest absolute Gasteiger partial charge is 0.456 e. The van der Waals surface area contributed by atoms with E-state index in [1.165, 1.54) is 12.1 Å². The maximum Gasteiger partial charge on any atom is 0.255 e. The smallest absolute Gasteiger partial charge is 0.255 e. The molecule has 0 aliphatic carbocycles. The predicted octanol–water partition coefficient (Wildman–Crippen LogP) is 8.41. The number of amides is 2. The van der Waals surface area contributed by atoms with Crippen molar-refractivity contribution in [3.05, 3.63) is 131 Å². The maximum absolute atomic E-state index is 13.7. The van der Waals surface area contributed by atoms with Crippen LogP contribution in [0.4, 0.5) is 22.7 Å². The average molecular weight is 645 g/mol. The Bertz CT molecular complexity index is 2740. The number of nitrogen functional groups attached to an aromatic ring is 2. The molecule has 236 valence electrons. The van der Waals surface area contributed by atoms with Gasteiger partial charge in [-0.3, -0.25) is 14.4 Å². The summed E-state index contributed by atoms with van der Waals surface area (Å²) in [6.07, 6.45) is 0. The fourth-order valence-electron chi connectivity index (χ4n) is 6.29. The first-order valence-electron chi connectivity index (χ1n) is 15.3. The summed E-state index contributed by atoms with van der Waals surface area (Å²) in [6.45, 7) is 0. The predicted molar refractivity (Wildman–Crippen MR) is 192 cm³/mol. The summed E-state index contributed by atoms with van der Waals surface area (Å²) in [5, 5.41) is 9.80. The normalized spacial score (nSPS) is 11.7. The van der Waals surface area contributed by atoms with Crippen molar-refractivity contribution < 1.29 is 22.8 Å². The molecule has 0 bridgehead atoms. The lowest BCUT2D eigenvalue weighted by Crippen LogP contribution is -2.14. The third kappa shape index (κ3) is 4.70. The summed E-state index contributed by atoms with van der Waals surface area (Å²) in [5.74, 6) is -0.835. The molecule has 0 spiro atoms. The highest BCUT2D eigenvalue weighted by atomic mass is 16.3. The number of rotatable bonds is 4. The molecule has 0 aliphatic heterocycles. The van der Waals surface area contributed by atoms with Crippen molar-refractivity contribution in [2.75, 3.05) is 22.1 Å². The topological polar surface area (TPSA) is 167 Å². The van der Waals surface area contributed by atoms with Crippen molar-refractivity contribution in [3.63, 3.8) is 0 Å². The molecular weight excluding hydrogens is 620 g/mol. The number of carbonyl (C=O) groups is 2. The number of nitrogens with two attached hydrogens (primary N) is 2. The Morgan fingerprint density at radius 2 is 0.816 bits per heavy atom. The summed E-state index contributed by atoms with van der Waals surface area (Å²) in [5.41, 5.74) is 17.3. The van der Waals surface area contributed by atoms with Gasteiger partial charge in [-0.2, -0.15) is 0 Å². The average Bonchev–Trinajstić information content (AvgIpc) is 3.64. The number of benzene rings is 6. The van der Waals surface area contributed by atoms with Gasteiger partial charge in [-0.1, -0.05) is 0 Å². The van der Waals surface area contributed by atoms with E-state index in [-0.39, 0.29) is 27.3 Å². The summed E-state index contributed by atoms with van der Waals surface area (Å²) in [6, 6.07) is 31.0. The van der Waals surface area contributed by atoms with Crippen LogP contribution >= 0.6 is 0 Å². The van der Waals surface area contributed by atoms with Crippen LogP contribution in [0.1, 0.15) is 20.7 Å². The maximum atomic E-state index is 13.7. The molecule has 0 aliphatic rings. The fraction of sp³-hybridized carbons (Fsp3) is 0. The number of anilines is 4. The molecule has 10 nitrogen and oxygen atoms in total. The molecule has 6 aromatic carbocycles. The molecule has 0 atom stereocenters. The minimum atomic E-state index is -0.417. The lowest BCUT2D eigenvalue weighted by molar-refractivity contribution is 0.101. The summed E-state index contributed by atoms with van der Waals surface area (Å²) >= 11 is 0. The summed E-state index contributed by atoms with van der Waals surface area (Å²) in [7, 11) is 0. The second kappa shape index (κ2) is 10.5. The Kier molecular flexibility index (Phi) is 6.02. The highest BCUT2D eigenvalue weighted by Gasteiger charge is 2.16. The SMILES string of the molecule is Nc1ccc2c(c1)oc1cc(NC(=O)c3ccc4oc5ccc(C(=O)Nc6ccc7c(c6)oc6cc(N)ccc67)cc5c(=O)c4c3)ccc12. The van der Waals surface area contributed by atoms with E-state index in [4.69, 9.17) is 24.7 Å². The summed E-state index contributed by atoms with van der Waals surface area (Å²) < 4.78 is 17.9. The van der Waals surface area contributed by atoms with Crippen molar-refractivity contribution in [3.8, 4) is 0 Å². The molecule has 9 rings (SSSR count). The number of fused-ring (bicyclic) bond motifs is 8. The van der Waals surface area contributed by atoms with Gasteiger partial charge in [-0.25, -0.2) is 0 Å². The Hall–Kier alpha value is -7.07. The molecule has 2 amide bonds. The zero-order valence-corrected chi connectivity index (χ0v) is 25.5. The van der Waals surface area contributed by atoms with Crippen LogP contribution in [0.25, 0.3) is 65.8 Å². The molecule has 10 heteroatoms. The number of hydrogen-bond donors (Lipinski definition) is 4. The number of furan rings is 2. The Morgan fingerprint density at radius 1 is 0.429 bits per heavy atom. The van der Waals surface area contributed by atoms with Gasteiger partial charge in [0.2, 0.25) is 5.43 Å². The first kappa shape index (κ1) is 28.2. The minimum Gasteiger partial charge on any atom is -0.456 e. The minimum absolute atomic E-state index is 0.207. The van der Waals surface area contributed by atoms with Gasteiger partial charge < -0.3 is 35.4 Å². The van der Waals surface area contributed by atoms with E-state index in [2.05, 4.69) is 10.6 Å². The molecule has 3 aromatic heterocycles.